The van der Waals surface area contributed by atoms with Crippen LogP contribution in [-0.2, 0) is 6.42 Å². The molecule has 1 N–H and O–H groups in total. The monoisotopic (exact) mass is 353 g/mol. The van der Waals surface area contributed by atoms with Crippen molar-refractivity contribution in [1.82, 2.24) is 5.32 Å². The molecule has 1 aromatic heterocycles. The van der Waals surface area contributed by atoms with Gasteiger partial charge in [-0.3, -0.25) is 4.79 Å². The molecule has 1 amide bonds. The number of benzene rings is 1. The van der Waals surface area contributed by atoms with Crippen LogP contribution < -0.4 is 5.32 Å². The van der Waals surface area contributed by atoms with Gasteiger partial charge in [-0.05, 0) is 37.1 Å². The Balaban J connectivity index is 1.80. The van der Waals surface area contributed by atoms with Gasteiger partial charge in [0.15, 0.2) is 0 Å². The number of fused-ring (bicyclic) bond motifs is 1. The molecule has 1 aliphatic rings. The number of halogens is 2. The van der Waals surface area contributed by atoms with E-state index in [0.29, 0.717) is 10.6 Å². The van der Waals surface area contributed by atoms with Crippen LogP contribution in [0.4, 0.5) is 0 Å². The molecule has 0 spiro atoms. The Morgan fingerprint density at radius 1 is 1.40 bits per heavy atom. The van der Waals surface area contributed by atoms with Gasteiger partial charge in [0.25, 0.3) is 5.91 Å². The largest absolute Gasteiger partial charge is 0.469 e. The lowest BCUT2D eigenvalue weighted by Gasteiger charge is -2.22. The molecule has 0 saturated carbocycles. The van der Waals surface area contributed by atoms with E-state index in [4.69, 9.17) is 16.0 Å². The van der Waals surface area contributed by atoms with E-state index in [-0.39, 0.29) is 11.9 Å². The van der Waals surface area contributed by atoms with Crippen LogP contribution in [0.5, 0.6) is 0 Å². The van der Waals surface area contributed by atoms with Crippen LogP contribution in [0.15, 0.2) is 39.4 Å². The maximum Gasteiger partial charge on any atom is 0.251 e. The number of hydrogen-bond acceptors (Lipinski definition) is 2. The first-order valence-corrected chi connectivity index (χ1v) is 7.64. The molecule has 2 aromatic rings. The number of furan rings is 1. The molecule has 1 aliphatic carbocycles. The molecule has 0 radical (unpaired) electrons. The maximum absolute atomic E-state index is 12.3. The fourth-order valence-corrected chi connectivity index (χ4v) is 3.42. The lowest BCUT2D eigenvalue weighted by molar-refractivity contribution is 0.0932. The van der Waals surface area contributed by atoms with Crippen LogP contribution in [0.3, 0.4) is 0 Å². The summed E-state index contributed by atoms with van der Waals surface area (Å²) in [6, 6.07) is 7.14. The average Bonchev–Trinajstić information content (AvgIpc) is 2.87. The molecule has 104 valence electrons. The van der Waals surface area contributed by atoms with E-state index < -0.39 is 0 Å². The quantitative estimate of drug-likeness (QED) is 0.862. The van der Waals surface area contributed by atoms with Crippen molar-refractivity contribution in [3.8, 4) is 0 Å². The van der Waals surface area contributed by atoms with Crippen molar-refractivity contribution in [2.45, 2.75) is 25.3 Å². The zero-order chi connectivity index (χ0) is 14.1. The molecule has 0 bridgehead atoms. The Hall–Kier alpha value is -1.26. The molecule has 1 aromatic carbocycles. The number of carbonyl (C=O) groups excluding carboxylic acids is 1. The van der Waals surface area contributed by atoms with Crippen molar-refractivity contribution < 1.29 is 9.21 Å². The van der Waals surface area contributed by atoms with Gasteiger partial charge in [0.2, 0.25) is 0 Å². The predicted molar refractivity (Wildman–Crippen MR) is 81.0 cm³/mol. The van der Waals surface area contributed by atoms with Gasteiger partial charge >= 0.3 is 0 Å². The lowest BCUT2D eigenvalue weighted by Crippen LogP contribution is -2.30. The van der Waals surface area contributed by atoms with Crippen molar-refractivity contribution in [1.29, 1.82) is 0 Å². The molecule has 3 rings (SSSR count). The van der Waals surface area contributed by atoms with E-state index in [1.54, 1.807) is 24.5 Å². The zero-order valence-electron chi connectivity index (χ0n) is 10.7. The second kappa shape index (κ2) is 5.62. The van der Waals surface area contributed by atoms with Gasteiger partial charge in [0.1, 0.15) is 5.76 Å². The number of amides is 1. The molecular formula is C15H13BrClNO2. The number of rotatable bonds is 2. The van der Waals surface area contributed by atoms with Gasteiger partial charge < -0.3 is 9.73 Å². The van der Waals surface area contributed by atoms with Gasteiger partial charge in [0, 0.05) is 27.0 Å². The molecule has 5 heteroatoms. The third-order valence-electron chi connectivity index (χ3n) is 3.48. The van der Waals surface area contributed by atoms with Crippen LogP contribution in [0.2, 0.25) is 5.02 Å². The highest BCUT2D eigenvalue weighted by Gasteiger charge is 2.24. The minimum Gasteiger partial charge on any atom is -0.469 e. The Labute approximate surface area is 130 Å². The number of hydrogen-bond donors (Lipinski definition) is 1. The normalized spacial score (nSPS) is 17.6. The first kappa shape index (κ1) is 13.7. The molecule has 20 heavy (non-hydrogen) atoms. The zero-order valence-corrected chi connectivity index (χ0v) is 13.0. The van der Waals surface area contributed by atoms with Crippen molar-refractivity contribution in [3.05, 3.63) is 56.9 Å². The maximum atomic E-state index is 12.3. The van der Waals surface area contributed by atoms with Gasteiger partial charge in [-0.1, -0.05) is 27.5 Å². The summed E-state index contributed by atoms with van der Waals surface area (Å²) in [4.78, 5) is 12.3. The Kier molecular flexibility index (Phi) is 3.85. The van der Waals surface area contributed by atoms with Gasteiger partial charge in [-0.25, -0.2) is 0 Å². The molecule has 3 nitrogen and oxygen atoms in total. The number of nitrogens with one attached hydrogen (secondary N) is 1. The Morgan fingerprint density at radius 3 is 3.05 bits per heavy atom. The van der Waals surface area contributed by atoms with Gasteiger partial charge in [-0.15, -0.1) is 0 Å². The number of aryl methyl sites for hydroxylation is 1. The fraction of sp³-hybridized carbons (Fsp3) is 0.267. The summed E-state index contributed by atoms with van der Waals surface area (Å²) in [7, 11) is 0. The van der Waals surface area contributed by atoms with Crippen LogP contribution in [-0.4, -0.2) is 5.91 Å². The fourth-order valence-electron chi connectivity index (χ4n) is 2.56. The van der Waals surface area contributed by atoms with Crippen LogP contribution in [0.1, 0.15) is 40.6 Å². The minimum absolute atomic E-state index is 0.0164. The molecule has 1 atom stereocenters. The summed E-state index contributed by atoms with van der Waals surface area (Å²) in [5.41, 5.74) is 1.64. The van der Waals surface area contributed by atoms with Gasteiger partial charge in [-0.2, -0.15) is 0 Å². The third kappa shape index (κ3) is 2.76. The van der Waals surface area contributed by atoms with Crippen LogP contribution >= 0.6 is 27.5 Å². The number of carbonyl (C=O) groups is 1. The molecule has 0 fully saturated rings. The molecule has 1 heterocycles. The van der Waals surface area contributed by atoms with Crippen LogP contribution in [0.25, 0.3) is 0 Å². The highest BCUT2D eigenvalue weighted by molar-refractivity contribution is 9.10. The van der Waals surface area contributed by atoms with Crippen LogP contribution in [0, 0.1) is 0 Å². The van der Waals surface area contributed by atoms with E-state index in [0.717, 1.165) is 35.1 Å². The third-order valence-corrected chi connectivity index (χ3v) is 4.16. The summed E-state index contributed by atoms with van der Waals surface area (Å²) in [5.74, 6) is 0.862. The first-order chi connectivity index (χ1) is 9.63. The summed E-state index contributed by atoms with van der Waals surface area (Å²) >= 11 is 9.32. The summed E-state index contributed by atoms with van der Waals surface area (Å²) in [5, 5.41) is 3.59. The lowest BCUT2D eigenvalue weighted by atomic mass is 9.93. The van der Waals surface area contributed by atoms with E-state index in [9.17, 15) is 4.79 Å². The molecule has 0 aliphatic heterocycles. The molecule has 0 saturated heterocycles. The second-order valence-corrected chi connectivity index (χ2v) is 6.23. The first-order valence-electron chi connectivity index (χ1n) is 6.47. The van der Waals surface area contributed by atoms with E-state index in [2.05, 4.69) is 21.2 Å². The minimum atomic E-state index is -0.118. The SMILES string of the molecule is O=C(NC1CCCc2occc21)c1cc(Cl)cc(Br)c1. The Morgan fingerprint density at radius 2 is 2.25 bits per heavy atom. The van der Waals surface area contributed by atoms with Crippen molar-refractivity contribution in [2.75, 3.05) is 0 Å². The summed E-state index contributed by atoms with van der Waals surface area (Å²) < 4.78 is 6.23. The highest BCUT2D eigenvalue weighted by atomic mass is 79.9. The van der Waals surface area contributed by atoms with Crippen molar-refractivity contribution in [2.24, 2.45) is 0 Å². The van der Waals surface area contributed by atoms with E-state index >= 15 is 0 Å². The smallest absolute Gasteiger partial charge is 0.251 e. The standard InChI is InChI=1S/C15H13BrClNO2/c16-10-6-9(7-11(17)8-10)15(19)18-13-2-1-3-14-12(13)4-5-20-14/h4-8,13H,1-3H2,(H,18,19). The van der Waals surface area contributed by atoms with E-state index in [1.165, 1.54) is 0 Å². The topological polar surface area (TPSA) is 42.2 Å². The second-order valence-electron chi connectivity index (χ2n) is 4.88. The van der Waals surface area contributed by atoms with E-state index in [1.807, 2.05) is 6.07 Å². The molecule has 1 unspecified atom stereocenters. The Bertz CT molecular complexity index is 633. The summed E-state index contributed by atoms with van der Waals surface area (Å²) in [6.07, 6.45) is 4.58. The van der Waals surface area contributed by atoms with Crippen molar-refractivity contribution >= 4 is 33.4 Å². The van der Waals surface area contributed by atoms with Crippen molar-refractivity contribution in [3.63, 3.8) is 0 Å². The summed E-state index contributed by atoms with van der Waals surface area (Å²) in [6.45, 7) is 0. The van der Waals surface area contributed by atoms with Gasteiger partial charge in [0.05, 0.1) is 12.3 Å². The highest BCUT2D eigenvalue weighted by Crippen LogP contribution is 2.31. The predicted octanol–water partition coefficient (Wildman–Crippen LogP) is 4.50. The average molecular weight is 355 g/mol. The molecular weight excluding hydrogens is 342 g/mol.